The molecule has 3 N–H and O–H groups in total. The summed E-state index contributed by atoms with van der Waals surface area (Å²) in [4.78, 5) is 0. The number of aromatic nitrogens is 4. The van der Waals surface area contributed by atoms with Gasteiger partial charge in [0.05, 0.1) is 23.7 Å². The summed E-state index contributed by atoms with van der Waals surface area (Å²) in [6.45, 7) is 4.35. The molecule has 0 saturated carbocycles. The number of rotatable bonds is 3. The summed E-state index contributed by atoms with van der Waals surface area (Å²) in [7, 11) is 0. The third kappa shape index (κ3) is 2.50. The van der Waals surface area contributed by atoms with E-state index in [4.69, 9.17) is 5.73 Å². The fourth-order valence-electron chi connectivity index (χ4n) is 2.33. The number of hydrogen-bond donors (Lipinski definition) is 2. The molecule has 2 heterocycles. The molecule has 0 radical (unpaired) electrons. The minimum absolute atomic E-state index is 0.485. The molecule has 0 aliphatic carbocycles. The normalized spacial score (nSPS) is 11.0. The maximum Gasteiger partial charge on any atom is 0.153 e. The number of nitrogens with zero attached hydrogens (tertiary/aromatic N) is 3. The number of hydrogen-bond acceptors (Lipinski definition) is 4. The van der Waals surface area contributed by atoms with Crippen LogP contribution in [0.1, 0.15) is 25.3 Å². The lowest BCUT2D eigenvalue weighted by Crippen LogP contribution is -1.91. The average Bonchev–Trinajstić information content (AvgIpc) is 2.90. The zero-order valence-corrected chi connectivity index (χ0v) is 12.0. The number of benzene rings is 1. The van der Waals surface area contributed by atoms with E-state index in [-0.39, 0.29) is 0 Å². The number of nitrogen functional groups attached to an aromatic ring is 1. The van der Waals surface area contributed by atoms with Gasteiger partial charge in [0.15, 0.2) is 5.82 Å². The first kappa shape index (κ1) is 13.3. The largest absolute Gasteiger partial charge is 0.382 e. The maximum absolute atomic E-state index is 6.03. The van der Waals surface area contributed by atoms with Gasteiger partial charge in [0.2, 0.25) is 0 Å². The van der Waals surface area contributed by atoms with Crippen molar-refractivity contribution in [1.29, 1.82) is 0 Å². The Morgan fingerprint density at radius 2 is 1.76 bits per heavy atom. The number of H-pyrrole nitrogens is 1. The molecular weight excluding hydrogens is 262 g/mol. The van der Waals surface area contributed by atoms with Crippen molar-refractivity contribution in [2.75, 3.05) is 5.73 Å². The smallest absolute Gasteiger partial charge is 0.153 e. The van der Waals surface area contributed by atoms with E-state index in [1.807, 2.05) is 6.07 Å². The Labute approximate surface area is 123 Å². The van der Waals surface area contributed by atoms with Crippen LogP contribution in [0.4, 0.5) is 5.82 Å². The number of nitrogens with two attached hydrogens (primary N) is 1. The standard InChI is InChI=1S/C16H17N5/c1-10(2)11-3-5-12(6-4-11)14-15(20-21-16(14)17)13-7-8-18-19-9-13/h3-10H,1-2H3,(H3,17,20,21). The van der Waals surface area contributed by atoms with Crippen molar-refractivity contribution in [2.45, 2.75) is 19.8 Å². The Kier molecular flexibility index (Phi) is 3.39. The third-order valence-electron chi connectivity index (χ3n) is 3.53. The molecule has 0 saturated heterocycles. The number of aromatic amines is 1. The lowest BCUT2D eigenvalue weighted by Gasteiger charge is -2.08. The van der Waals surface area contributed by atoms with Crippen LogP contribution in [0.15, 0.2) is 42.7 Å². The molecule has 3 aromatic rings. The summed E-state index contributed by atoms with van der Waals surface area (Å²) in [6.07, 6.45) is 3.34. The Bertz CT molecular complexity index is 729. The van der Waals surface area contributed by atoms with Gasteiger partial charge >= 0.3 is 0 Å². The summed E-state index contributed by atoms with van der Waals surface area (Å²) in [5.41, 5.74) is 11.0. The quantitative estimate of drug-likeness (QED) is 0.771. The molecule has 3 rings (SSSR count). The fraction of sp³-hybridized carbons (Fsp3) is 0.188. The zero-order valence-electron chi connectivity index (χ0n) is 12.0. The summed E-state index contributed by atoms with van der Waals surface area (Å²) in [5.74, 6) is 0.990. The van der Waals surface area contributed by atoms with Crippen molar-refractivity contribution >= 4 is 5.82 Å². The predicted molar refractivity (Wildman–Crippen MR) is 83.6 cm³/mol. The highest BCUT2D eigenvalue weighted by Crippen LogP contribution is 2.34. The predicted octanol–water partition coefficient (Wildman–Crippen LogP) is 3.24. The van der Waals surface area contributed by atoms with E-state index in [0.717, 1.165) is 22.4 Å². The van der Waals surface area contributed by atoms with Crippen LogP contribution in [-0.2, 0) is 0 Å². The van der Waals surface area contributed by atoms with Crippen LogP contribution in [0.5, 0.6) is 0 Å². The van der Waals surface area contributed by atoms with Gasteiger partial charge in [-0.15, -0.1) is 0 Å². The molecule has 106 valence electrons. The highest BCUT2D eigenvalue weighted by molar-refractivity contribution is 5.87. The lowest BCUT2D eigenvalue weighted by molar-refractivity contribution is 0.867. The van der Waals surface area contributed by atoms with E-state index in [9.17, 15) is 0 Å². The molecule has 1 aromatic carbocycles. The summed E-state index contributed by atoms with van der Waals surface area (Å²) < 4.78 is 0. The molecule has 0 aliphatic rings. The summed E-state index contributed by atoms with van der Waals surface area (Å²) >= 11 is 0. The molecule has 5 nitrogen and oxygen atoms in total. The zero-order chi connectivity index (χ0) is 14.8. The summed E-state index contributed by atoms with van der Waals surface area (Å²) in [6, 6.07) is 10.3. The van der Waals surface area contributed by atoms with E-state index in [0.29, 0.717) is 11.7 Å². The third-order valence-corrected chi connectivity index (χ3v) is 3.53. The highest BCUT2D eigenvalue weighted by Gasteiger charge is 2.15. The van der Waals surface area contributed by atoms with Crippen molar-refractivity contribution in [1.82, 2.24) is 20.4 Å². The molecule has 0 amide bonds. The van der Waals surface area contributed by atoms with Crippen LogP contribution in [-0.4, -0.2) is 20.4 Å². The molecule has 2 aromatic heterocycles. The van der Waals surface area contributed by atoms with E-state index in [2.05, 4.69) is 58.5 Å². The van der Waals surface area contributed by atoms with Gasteiger partial charge in [-0.3, -0.25) is 5.10 Å². The van der Waals surface area contributed by atoms with Crippen molar-refractivity contribution in [3.05, 3.63) is 48.3 Å². The molecule has 0 aliphatic heterocycles. The monoisotopic (exact) mass is 279 g/mol. The van der Waals surface area contributed by atoms with Gasteiger partial charge in [0, 0.05) is 5.56 Å². The Balaban J connectivity index is 2.08. The second-order valence-corrected chi connectivity index (χ2v) is 5.27. The van der Waals surface area contributed by atoms with Gasteiger partial charge in [-0.05, 0) is 23.1 Å². The van der Waals surface area contributed by atoms with Gasteiger partial charge in [0.1, 0.15) is 0 Å². The molecule has 0 fully saturated rings. The first-order valence-electron chi connectivity index (χ1n) is 6.88. The van der Waals surface area contributed by atoms with Crippen molar-refractivity contribution in [3.8, 4) is 22.4 Å². The first-order valence-corrected chi connectivity index (χ1v) is 6.88. The lowest BCUT2D eigenvalue weighted by atomic mass is 9.97. The average molecular weight is 279 g/mol. The Morgan fingerprint density at radius 1 is 1.00 bits per heavy atom. The molecule has 0 bridgehead atoms. The van der Waals surface area contributed by atoms with Crippen LogP contribution in [0.25, 0.3) is 22.4 Å². The van der Waals surface area contributed by atoms with Crippen molar-refractivity contribution in [3.63, 3.8) is 0 Å². The van der Waals surface area contributed by atoms with Crippen LogP contribution < -0.4 is 5.73 Å². The molecular formula is C16H17N5. The number of anilines is 1. The number of nitrogens with one attached hydrogen (secondary N) is 1. The molecule has 21 heavy (non-hydrogen) atoms. The van der Waals surface area contributed by atoms with E-state index in [1.54, 1.807) is 12.4 Å². The SMILES string of the molecule is CC(C)c1ccc(-c2c(N)n[nH]c2-c2ccnnc2)cc1. The molecule has 0 spiro atoms. The van der Waals surface area contributed by atoms with E-state index >= 15 is 0 Å². The van der Waals surface area contributed by atoms with Gasteiger partial charge in [0.25, 0.3) is 0 Å². The van der Waals surface area contributed by atoms with Crippen LogP contribution >= 0.6 is 0 Å². The van der Waals surface area contributed by atoms with Gasteiger partial charge in [-0.2, -0.15) is 15.3 Å². The van der Waals surface area contributed by atoms with Crippen molar-refractivity contribution in [2.24, 2.45) is 0 Å². The van der Waals surface area contributed by atoms with Gasteiger partial charge in [-0.1, -0.05) is 38.1 Å². The van der Waals surface area contributed by atoms with E-state index in [1.165, 1.54) is 5.56 Å². The highest BCUT2D eigenvalue weighted by atomic mass is 15.2. The Hall–Kier alpha value is -2.69. The second kappa shape index (κ2) is 5.36. The first-order chi connectivity index (χ1) is 10.2. The van der Waals surface area contributed by atoms with Gasteiger partial charge < -0.3 is 5.73 Å². The molecule has 0 unspecified atom stereocenters. The van der Waals surface area contributed by atoms with E-state index < -0.39 is 0 Å². The molecule has 5 heteroatoms. The topological polar surface area (TPSA) is 80.5 Å². The fourth-order valence-corrected chi connectivity index (χ4v) is 2.33. The second-order valence-electron chi connectivity index (χ2n) is 5.27. The van der Waals surface area contributed by atoms with Crippen LogP contribution in [0.2, 0.25) is 0 Å². The van der Waals surface area contributed by atoms with Crippen LogP contribution in [0.3, 0.4) is 0 Å². The summed E-state index contributed by atoms with van der Waals surface area (Å²) in [5, 5.41) is 14.8. The molecule has 0 atom stereocenters. The minimum Gasteiger partial charge on any atom is -0.382 e. The Morgan fingerprint density at radius 3 is 2.38 bits per heavy atom. The van der Waals surface area contributed by atoms with Gasteiger partial charge in [-0.25, -0.2) is 0 Å². The van der Waals surface area contributed by atoms with Crippen LogP contribution in [0, 0.1) is 0 Å². The minimum atomic E-state index is 0.485. The maximum atomic E-state index is 6.03. The van der Waals surface area contributed by atoms with Crippen molar-refractivity contribution < 1.29 is 0 Å².